The van der Waals surface area contributed by atoms with Crippen LogP contribution in [-0.4, -0.2) is 14.3 Å². The Morgan fingerprint density at radius 1 is 1.14 bits per heavy atom. The van der Waals surface area contributed by atoms with Gasteiger partial charge in [-0.05, 0) is 42.5 Å². The fourth-order valence-corrected chi connectivity index (χ4v) is 2.20. The predicted octanol–water partition coefficient (Wildman–Crippen LogP) is 2.38. The summed E-state index contributed by atoms with van der Waals surface area (Å²) in [6, 6.07) is 8.93. The highest BCUT2D eigenvalue weighted by atomic mass is 35.5. The number of carbonyl (C=O) groups is 1. The van der Waals surface area contributed by atoms with Gasteiger partial charge in [-0.1, -0.05) is 11.6 Å². The molecule has 0 fully saturated rings. The molecule has 0 atom stereocenters. The van der Waals surface area contributed by atoms with Crippen molar-refractivity contribution in [3.63, 3.8) is 0 Å². The third kappa shape index (κ3) is 3.78. The van der Waals surface area contributed by atoms with Crippen LogP contribution in [0.15, 0.2) is 47.4 Å². The minimum Gasteiger partial charge on any atom is -0.322 e. The minimum absolute atomic E-state index is 0.0713. The lowest BCUT2D eigenvalue weighted by Crippen LogP contribution is -2.14. The van der Waals surface area contributed by atoms with Gasteiger partial charge in [0.25, 0.3) is 5.91 Å². The van der Waals surface area contributed by atoms with Crippen LogP contribution in [-0.2, 0) is 10.0 Å². The van der Waals surface area contributed by atoms with E-state index in [0.717, 1.165) is 6.07 Å². The predicted molar refractivity (Wildman–Crippen MR) is 77.2 cm³/mol. The van der Waals surface area contributed by atoms with Crippen LogP contribution in [0.2, 0.25) is 5.02 Å². The Balaban J connectivity index is 2.18. The molecule has 0 aliphatic heterocycles. The zero-order valence-corrected chi connectivity index (χ0v) is 12.1. The van der Waals surface area contributed by atoms with Crippen molar-refractivity contribution >= 4 is 33.2 Å². The summed E-state index contributed by atoms with van der Waals surface area (Å²) in [4.78, 5) is 11.8. The molecule has 110 valence electrons. The molecule has 0 bridgehead atoms. The van der Waals surface area contributed by atoms with Crippen molar-refractivity contribution in [1.82, 2.24) is 0 Å². The maximum Gasteiger partial charge on any atom is 0.255 e. The number of rotatable bonds is 3. The van der Waals surface area contributed by atoms with E-state index in [-0.39, 0.29) is 15.5 Å². The van der Waals surface area contributed by atoms with Gasteiger partial charge in [0, 0.05) is 11.3 Å². The lowest BCUT2D eigenvalue weighted by Gasteiger charge is -2.06. The third-order valence-electron chi connectivity index (χ3n) is 2.62. The number of sulfonamides is 1. The number of benzene rings is 2. The van der Waals surface area contributed by atoms with Crippen LogP contribution in [0, 0.1) is 5.82 Å². The van der Waals surface area contributed by atoms with Crippen LogP contribution in [0.1, 0.15) is 10.4 Å². The minimum atomic E-state index is -3.79. The summed E-state index contributed by atoms with van der Waals surface area (Å²) in [7, 11) is -3.79. The fraction of sp³-hybridized carbons (Fsp3) is 0. The number of anilines is 1. The van der Waals surface area contributed by atoms with Crippen molar-refractivity contribution in [3.8, 4) is 0 Å². The molecule has 0 aliphatic carbocycles. The molecule has 2 aromatic carbocycles. The van der Waals surface area contributed by atoms with E-state index in [1.54, 1.807) is 0 Å². The third-order valence-corrected chi connectivity index (χ3v) is 3.86. The van der Waals surface area contributed by atoms with Crippen LogP contribution >= 0.6 is 11.6 Å². The molecule has 0 aromatic heterocycles. The maximum atomic E-state index is 13.3. The summed E-state index contributed by atoms with van der Waals surface area (Å²) in [6.07, 6.45) is 0. The van der Waals surface area contributed by atoms with Gasteiger partial charge in [0.1, 0.15) is 5.82 Å². The standard InChI is InChI=1S/C13H10ClFN2O3S/c14-11-6-1-8(7-12(11)15)13(18)17-9-2-4-10(5-3-9)21(16,19)20/h1-7H,(H,17,18)(H2,16,19,20). The molecule has 1 amide bonds. The van der Waals surface area contributed by atoms with E-state index in [9.17, 15) is 17.6 Å². The highest BCUT2D eigenvalue weighted by Crippen LogP contribution is 2.17. The van der Waals surface area contributed by atoms with Crippen molar-refractivity contribution < 1.29 is 17.6 Å². The first-order chi connectivity index (χ1) is 9.77. The lowest BCUT2D eigenvalue weighted by atomic mass is 10.2. The molecule has 3 N–H and O–H groups in total. The molecule has 21 heavy (non-hydrogen) atoms. The number of amides is 1. The quantitative estimate of drug-likeness (QED) is 0.906. The van der Waals surface area contributed by atoms with Crippen molar-refractivity contribution in [2.24, 2.45) is 5.14 Å². The first kappa shape index (κ1) is 15.4. The molecule has 0 aliphatic rings. The summed E-state index contributed by atoms with van der Waals surface area (Å²) in [6.45, 7) is 0. The van der Waals surface area contributed by atoms with E-state index >= 15 is 0 Å². The fourth-order valence-electron chi connectivity index (χ4n) is 1.57. The monoisotopic (exact) mass is 328 g/mol. The Morgan fingerprint density at radius 2 is 1.76 bits per heavy atom. The number of halogens is 2. The van der Waals surface area contributed by atoms with E-state index in [4.69, 9.17) is 16.7 Å². The van der Waals surface area contributed by atoms with Crippen LogP contribution in [0.3, 0.4) is 0 Å². The second-order valence-corrected chi connectivity index (χ2v) is 6.12. The number of nitrogens with two attached hydrogens (primary N) is 1. The van der Waals surface area contributed by atoms with Crippen molar-refractivity contribution in [1.29, 1.82) is 0 Å². The van der Waals surface area contributed by atoms with Crippen molar-refractivity contribution in [2.75, 3.05) is 5.32 Å². The number of hydrogen-bond donors (Lipinski definition) is 2. The van der Waals surface area contributed by atoms with Crippen LogP contribution in [0.25, 0.3) is 0 Å². The van der Waals surface area contributed by atoms with Gasteiger partial charge >= 0.3 is 0 Å². The summed E-state index contributed by atoms with van der Waals surface area (Å²) in [5, 5.41) is 7.38. The van der Waals surface area contributed by atoms with Gasteiger partial charge in [0.2, 0.25) is 10.0 Å². The number of primary sulfonamides is 1. The van der Waals surface area contributed by atoms with Crippen molar-refractivity contribution in [3.05, 3.63) is 58.9 Å². The molecule has 2 aromatic rings. The molecule has 2 rings (SSSR count). The highest BCUT2D eigenvalue weighted by Gasteiger charge is 2.11. The molecule has 0 heterocycles. The first-order valence-electron chi connectivity index (χ1n) is 5.66. The molecular formula is C13H10ClFN2O3S. The molecular weight excluding hydrogens is 319 g/mol. The van der Waals surface area contributed by atoms with Gasteiger partial charge in [-0.15, -0.1) is 0 Å². The lowest BCUT2D eigenvalue weighted by molar-refractivity contribution is 0.102. The van der Waals surface area contributed by atoms with E-state index in [0.29, 0.717) is 5.69 Å². The Morgan fingerprint density at radius 3 is 2.29 bits per heavy atom. The molecule has 0 saturated carbocycles. The first-order valence-corrected chi connectivity index (χ1v) is 7.59. The SMILES string of the molecule is NS(=O)(=O)c1ccc(NC(=O)c2ccc(Cl)c(F)c2)cc1. The molecule has 8 heteroatoms. The van der Waals surface area contributed by atoms with Gasteiger partial charge in [-0.3, -0.25) is 4.79 Å². The van der Waals surface area contributed by atoms with E-state index in [2.05, 4.69) is 5.32 Å². The summed E-state index contributed by atoms with van der Waals surface area (Å²) < 4.78 is 35.5. The van der Waals surface area contributed by atoms with Gasteiger partial charge < -0.3 is 5.32 Å². The molecule has 0 saturated heterocycles. The molecule has 5 nitrogen and oxygen atoms in total. The molecule has 0 spiro atoms. The zero-order chi connectivity index (χ0) is 15.6. The average molecular weight is 329 g/mol. The van der Waals surface area contributed by atoms with Gasteiger partial charge in [-0.2, -0.15) is 0 Å². The normalized spacial score (nSPS) is 11.2. The summed E-state index contributed by atoms with van der Waals surface area (Å²) in [5.41, 5.74) is 0.440. The second kappa shape index (κ2) is 5.80. The number of carbonyl (C=O) groups excluding carboxylic acids is 1. The van der Waals surface area contributed by atoms with Gasteiger partial charge in [0.05, 0.1) is 9.92 Å². The average Bonchev–Trinajstić information content (AvgIpc) is 2.41. The van der Waals surface area contributed by atoms with Gasteiger partial charge in [-0.25, -0.2) is 17.9 Å². The Labute approximate surface area is 125 Å². The second-order valence-electron chi connectivity index (χ2n) is 4.15. The summed E-state index contributed by atoms with van der Waals surface area (Å²) >= 11 is 5.53. The van der Waals surface area contributed by atoms with E-state index in [1.165, 1.54) is 36.4 Å². The number of hydrogen-bond acceptors (Lipinski definition) is 3. The van der Waals surface area contributed by atoms with Crippen LogP contribution in [0.4, 0.5) is 10.1 Å². The van der Waals surface area contributed by atoms with Gasteiger partial charge in [0.15, 0.2) is 0 Å². The smallest absolute Gasteiger partial charge is 0.255 e. The maximum absolute atomic E-state index is 13.3. The zero-order valence-electron chi connectivity index (χ0n) is 10.5. The van der Waals surface area contributed by atoms with Crippen LogP contribution < -0.4 is 10.5 Å². The Hall–Kier alpha value is -1.96. The molecule has 0 radical (unpaired) electrons. The molecule has 0 unspecified atom stereocenters. The highest BCUT2D eigenvalue weighted by molar-refractivity contribution is 7.89. The largest absolute Gasteiger partial charge is 0.322 e. The van der Waals surface area contributed by atoms with Crippen LogP contribution in [0.5, 0.6) is 0 Å². The number of nitrogens with one attached hydrogen (secondary N) is 1. The topological polar surface area (TPSA) is 89.3 Å². The van der Waals surface area contributed by atoms with Crippen molar-refractivity contribution in [2.45, 2.75) is 4.90 Å². The summed E-state index contributed by atoms with van der Waals surface area (Å²) in [5.74, 6) is -1.25. The van der Waals surface area contributed by atoms with E-state index in [1.807, 2.05) is 0 Å². The Kier molecular flexibility index (Phi) is 4.26. The van der Waals surface area contributed by atoms with E-state index < -0.39 is 21.7 Å². The Bertz CT molecular complexity index is 792.